The highest BCUT2D eigenvalue weighted by Crippen LogP contribution is 2.23. The van der Waals surface area contributed by atoms with Gasteiger partial charge in [0.1, 0.15) is 5.82 Å². The molecule has 2 N–H and O–H groups in total. The highest BCUT2D eigenvalue weighted by Gasteiger charge is 2.12. The Labute approximate surface area is 114 Å². The quantitative estimate of drug-likeness (QED) is 0.725. The molecule has 0 saturated heterocycles. The smallest absolute Gasteiger partial charge is 0.187 e. The van der Waals surface area contributed by atoms with Crippen LogP contribution in [0, 0.1) is 12.7 Å². The average molecular weight is 269 g/mol. The lowest BCUT2D eigenvalue weighted by atomic mass is 10.1. The molecule has 6 heteroatoms. The average Bonchev–Trinajstić information content (AvgIpc) is 2.91. The van der Waals surface area contributed by atoms with Crippen molar-refractivity contribution >= 4 is 5.69 Å². The number of nitrogens with two attached hydrogens (primary N) is 1. The number of benzene rings is 2. The Hall–Kier alpha value is -2.76. The van der Waals surface area contributed by atoms with Crippen molar-refractivity contribution in [2.45, 2.75) is 6.92 Å². The number of rotatable bonds is 2. The Bertz CT molecular complexity index is 766. The van der Waals surface area contributed by atoms with Crippen LogP contribution in [0.5, 0.6) is 0 Å². The Morgan fingerprint density at radius 2 is 2.00 bits per heavy atom. The van der Waals surface area contributed by atoms with Gasteiger partial charge in [-0.25, -0.2) is 4.39 Å². The second-order valence-corrected chi connectivity index (χ2v) is 4.47. The summed E-state index contributed by atoms with van der Waals surface area (Å²) in [6, 6.07) is 11.7. The van der Waals surface area contributed by atoms with E-state index in [9.17, 15) is 4.39 Å². The molecule has 0 aliphatic carbocycles. The third-order valence-electron chi connectivity index (χ3n) is 3.06. The second kappa shape index (κ2) is 4.73. The fourth-order valence-corrected chi connectivity index (χ4v) is 1.93. The number of hydrogen-bond acceptors (Lipinski definition) is 4. The predicted molar refractivity (Wildman–Crippen MR) is 73.7 cm³/mol. The molecule has 0 spiro atoms. The van der Waals surface area contributed by atoms with Gasteiger partial charge >= 0.3 is 0 Å². The summed E-state index contributed by atoms with van der Waals surface area (Å²) < 4.78 is 14.8. The number of hydrogen-bond donors (Lipinski definition) is 1. The number of aromatic nitrogens is 4. The highest BCUT2D eigenvalue weighted by molar-refractivity contribution is 5.64. The van der Waals surface area contributed by atoms with Gasteiger partial charge in [0, 0.05) is 11.3 Å². The van der Waals surface area contributed by atoms with Gasteiger partial charge < -0.3 is 5.73 Å². The molecule has 0 aliphatic heterocycles. The van der Waals surface area contributed by atoms with Crippen LogP contribution in [0.25, 0.3) is 17.1 Å². The monoisotopic (exact) mass is 269 g/mol. The van der Waals surface area contributed by atoms with Crippen molar-refractivity contribution in [3.05, 3.63) is 53.8 Å². The first-order chi connectivity index (χ1) is 9.65. The molecule has 0 aliphatic rings. The Morgan fingerprint density at radius 3 is 2.75 bits per heavy atom. The number of nitrogens with zero attached hydrogens (tertiary/aromatic N) is 4. The molecule has 0 radical (unpaired) electrons. The van der Waals surface area contributed by atoms with E-state index in [1.165, 1.54) is 16.8 Å². The van der Waals surface area contributed by atoms with Crippen molar-refractivity contribution in [3.8, 4) is 17.1 Å². The van der Waals surface area contributed by atoms with Gasteiger partial charge in [-0.15, -0.1) is 5.10 Å². The molecule has 5 nitrogen and oxygen atoms in total. The molecule has 0 bridgehead atoms. The van der Waals surface area contributed by atoms with E-state index >= 15 is 0 Å². The molecule has 100 valence electrons. The molecule has 0 fully saturated rings. The molecule has 0 atom stereocenters. The number of halogens is 1. The summed E-state index contributed by atoms with van der Waals surface area (Å²) in [6.45, 7) is 1.93. The summed E-state index contributed by atoms with van der Waals surface area (Å²) in [7, 11) is 0. The SMILES string of the molecule is Cc1ccc(-c2nnnn2-c2cccc(F)c2)cc1N. The fourth-order valence-electron chi connectivity index (χ4n) is 1.93. The van der Waals surface area contributed by atoms with Gasteiger partial charge in [-0.1, -0.05) is 18.2 Å². The molecule has 0 saturated carbocycles. The molecular formula is C14H12FN5. The molecule has 0 amide bonds. The number of nitrogen functional groups attached to an aromatic ring is 1. The van der Waals surface area contributed by atoms with Gasteiger partial charge in [0.2, 0.25) is 0 Å². The van der Waals surface area contributed by atoms with Gasteiger partial charge in [-0.3, -0.25) is 0 Å². The summed E-state index contributed by atoms with van der Waals surface area (Å²) in [6.07, 6.45) is 0. The molecule has 3 rings (SSSR count). The van der Waals surface area contributed by atoms with Gasteiger partial charge in [-0.05, 0) is 47.2 Å². The Balaban J connectivity index is 2.12. The maximum Gasteiger partial charge on any atom is 0.187 e. The van der Waals surface area contributed by atoms with E-state index in [1.807, 2.05) is 19.1 Å². The van der Waals surface area contributed by atoms with Crippen molar-refractivity contribution in [2.24, 2.45) is 0 Å². The lowest BCUT2D eigenvalue weighted by molar-refractivity contribution is 0.625. The van der Waals surface area contributed by atoms with Crippen molar-refractivity contribution in [2.75, 3.05) is 5.73 Å². The molecular weight excluding hydrogens is 257 g/mol. The van der Waals surface area contributed by atoms with E-state index in [0.717, 1.165) is 11.1 Å². The van der Waals surface area contributed by atoms with E-state index in [-0.39, 0.29) is 5.82 Å². The highest BCUT2D eigenvalue weighted by atomic mass is 19.1. The molecule has 3 aromatic rings. The first-order valence-electron chi connectivity index (χ1n) is 6.06. The fraction of sp³-hybridized carbons (Fsp3) is 0.0714. The van der Waals surface area contributed by atoms with Crippen LogP contribution < -0.4 is 5.73 Å². The molecule has 20 heavy (non-hydrogen) atoms. The van der Waals surface area contributed by atoms with E-state index < -0.39 is 0 Å². The van der Waals surface area contributed by atoms with Gasteiger partial charge in [0.15, 0.2) is 5.82 Å². The lowest BCUT2D eigenvalue weighted by Crippen LogP contribution is -2.01. The van der Waals surface area contributed by atoms with Crippen LogP contribution in [0.2, 0.25) is 0 Å². The van der Waals surface area contributed by atoms with Crippen LogP contribution in [0.1, 0.15) is 5.56 Å². The first-order valence-corrected chi connectivity index (χ1v) is 6.06. The predicted octanol–water partition coefficient (Wildman–Crippen LogP) is 2.36. The van der Waals surface area contributed by atoms with E-state index in [0.29, 0.717) is 17.2 Å². The van der Waals surface area contributed by atoms with Gasteiger partial charge in [0.05, 0.1) is 5.69 Å². The normalized spacial score (nSPS) is 10.7. The summed E-state index contributed by atoms with van der Waals surface area (Å²) in [5.41, 5.74) is 8.89. The maximum absolute atomic E-state index is 13.3. The lowest BCUT2D eigenvalue weighted by Gasteiger charge is -2.06. The largest absolute Gasteiger partial charge is 0.398 e. The molecule has 1 heterocycles. The minimum atomic E-state index is -0.340. The van der Waals surface area contributed by atoms with Crippen molar-refractivity contribution < 1.29 is 4.39 Å². The third-order valence-corrected chi connectivity index (χ3v) is 3.06. The summed E-state index contributed by atoms with van der Waals surface area (Å²) >= 11 is 0. The molecule has 1 aromatic heterocycles. The minimum Gasteiger partial charge on any atom is -0.398 e. The van der Waals surface area contributed by atoms with Crippen LogP contribution in [0.3, 0.4) is 0 Å². The van der Waals surface area contributed by atoms with Crippen LogP contribution >= 0.6 is 0 Å². The molecule has 2 aromatic carbocycles. The standard InChI is InChI=1S/C14H12FN5/c1-9-5-6-10(7-13(9)16)14-17-18-19-20(14)12-4-2-3-11(15)8-12/h2-8H,16H2,1H3. The Kier molecular flexibility index (Phi) is 2.90. The van der Waals surface area contributed by atoms with E-state index in [2.05, 4.69) is 15.5 Å². The zero-order valence-corrected chi connectivity index (χ0v) is 10.8. The van der Waals surface area contributed by atoms with Crippen LogP contribution in [-0.4, -0.2) is 20.2 Å². The minimum absolute atomic E-state index is 0.340. The van der Waals surface area contributed by atoms with Gasteiger partial charge in [0.25, 0.3) is 0 Å². The second-order valence-electron chi connectivity index (χ2n) is 4.47. The Morgan fingerprint density at radius 1 is 1.15 bits per heavy atom. The number of tetrazole rings is 1. The summed E-state index contributed by atoms with van der Waals surface area (Å²) in [4.78, 5) is 0. The van der Waals surface area contributed by atoms with Crippen LogP contribution in [0.4, 0.5) is 10.1 Å². The third kappa shape index (κ3) is 2.11. The topological polar surface area (TPSA) is 69.6 Å². The number of anilines is 1. The van der Waals surface area contributed by atoms with E-state index in [1.54, 1.807) is 18.2 Å². The maximum atomic E-state index is 13.3. The zero-order chi connectivity index (χ0) is 14.1. The van der Waals surface area contributed by atoms with Crippen molar-refractivity contribution in [1.82, 2.24) is 20.2 Å². The van der Waals surface area contributed by atoms with Crippen LogP contribution in [-0.2, 0) is 0 Å². The van der Waals surface area contributed by atoms with Gasteiger partial charge in [-0.2, -0.15) is 4.68 Å². The van der Waals surface area contributed by atoms with Crippen molar-refractivity contribution in [1.29, 1.82) is 0 Å². The summed E-state index contributed by atoms with van der Waals surface area (Å²) in [5, 5.41) is 11.5. The number of aryl methyl sites for hydroxylation is 1. The first kappa shape index (κ1) is 12.3. The van der Waals surface area contributed by atoms with Crippen LogP contribution in [0.15, 0.2) is 42.5 Å². The van der Waals surface area contributed by atoms with E-state index in [4.69, 9.17) is 5.73 Å². The van der Waals surface area contributed by atoms with Crippen molar-refractivity contribution in [3.63, 3.8) is 0 Å². The molecule has 0 unspecified atom stereocenters. The zero-order valence-electron chi connectivity index (χ0n) is 10.8. The summed E-state index contributed by atoms with van der Waals surface area (Å²) in [5.74, 6) is 0.176.